The van der Waals surface area contributed by atoms with E-state index in [4.69, 9.17) is 4.74 Å². The average Bonchev–Trinajstić information content (AvgIpc) is 2.99. The van der Waals surface area contributed by atoms with Crippen LogP contribution in [0.15, 0.2) is 24.3 Å². The van der Waals surface area contributed by atoms with Crippen LogP contribution in [0.1, 0.15) is 56.0 Å². The fourth-order valence-electron chi connectivity index (χ4n) is 3.26. The van der Waals surface area contributed by atoms with E-state index >= 15 is 0 Å². The van der Waals surface area contributed by atoms with Crippen LogP contribution in [-0.4, -0.2) is 18.0 Å². The summed E-state index contributed by atoms with van der Waals surface area (Å²) in [5.74, 6) is 0.367. The highest BCUT2D eigenvalue weighted by molar-refractivity contribution is 5.98. The van der Waals surface area contributed by atoms with Crippen LogP contribution in [0, 0.1) is 5.92 Å². The zero-order valence-electron chi connectivity index (χ0n) is 12.0. The van der Waals surface area contributed by atoms with Gasteiger partial charge in [-0.2, -0.15) is 0 Å². The van der Waals surface area contributed by atoms with Crippen LogP contribution in [0.3, 0.4) is 0 Å². The molecule has 1 aromatic rings. The Morgan fingerprint density at radius 2 is 1.84 bits per heavy atom. The molecule has 0 saturated carbocycles. The molecule has 2 heterocycles. The molecule has 0 amide bonds. The summed E-state index contributed by atoms with van der Waals surface area (Å²) in [5.41, 5.74) is 2.25. The van der Waals surface area contributed by atoms with Crippen molar-refractivity contribution in [1.29, 1.82) is 0 Å². The normalized spacial score (nSPS) is 29.7. The summed E-state index contributed by atoms with van der Waals surface area (Å²) in [5, 5.41) is 0. The van der Waals surface area contributed by atoms with Crippen LogP contribution in [0.5, 0.6) is 0 Å². The van der Waals surface area contributed by atoms with Crippen LogP contribution in [0.4, 0.5) is 0 Å². The smallest absolute Gasteiger partial charge is 0.168 e. The molecule has 1 aromatic carbocycles. The number of hydrogen-bond donors (Lipinski definition) is 0. The van der Waals surface area contributed by atoms with Gasteiger partial charge in [0.25, 0.3) is 0 Å². The Labute approximate surface area is 115 Å². The zero-order valence-corrected chi connectivity index (χ0v) is 12.0. The van der Waals surface area contributed by atoms with Crippen molar-refractivity contribution in [2.45, 2.75) is 57.7 Å². The fourth-order valence-corrected chi connectivity index (χ4v) is 3.26. The third-order valence-electron chi connectivity index (χ3n) is 4.48. The lowest BCUT2D eigenvalue weighted by Gasteiger charge is -2.20. The molecule has 0 aliphatic carbocycles. The SMILES string of the molecule is CC(C)(C)c1ccc(C(=O)C2CC3CCC2O3)cc1. The molecule has 2 nitrogen and oxygen atoms in total. The minimum atomic E-state index is 0.0965. The minimum absolute atomic E-state index is 0.0965. The first kappa shape index (κ1) is 12.9. The summed E-state index contributed by atoms with van der Waals surface area (Å²) in [6, 6.07) is 8.13. The van der Waals surface area contributed by atoms with Gasteiger partial charge in [0.05, 0.1) is 18.1 Å². The van der Waals surface area contributed by atoms with Gasteiger partial charge in [-0.15, -0.1) is 0 Å². The summed E-state index contributed by atoms with van der Waals surface area (Å²) < 4.78 is 5.78. The molecule has 2 saturated heterocycles. The third kappa shape index (κ3) is 2.34. The van der Waals surface area contributed by atoms with E-state index in [2.05, 4.69) is 32.9 Å². The van der Waals surface area contributed by atoms with E-state index in [-0.39, 0.29) is 23.2 Å². The number of benzene rings is 1. The van der Waals surface area contributed by atoms with E-state index < -0.39 is 0 Å². The quantitative estimate of drug-likeness (QED) is 0.755. The predicted octanol–water partition coefficient (Wildman–Crippen LogP) is 3.73. The largest absolute Gasteiger partial charge is 0.374 e. The molecule has 3 unspecified atom stereocenters. The van der Waals surface area contributed by atoms with E-state index in [1.165, 1.54) is 5.56 Å². The number of Topliss-reactive ketones (excluding diaryl/α,β-unsaturated/α-hetero) is 1. The molecule has 0 aromatic heterocycles. The summed E-state index contributed by atoms with van der Waals surface area (Å²) in [6.07, 6.45) is 3.64. The lowest BCUT2D eigenvalue weighted by molar-refractivity contribution is 0.0743. The predicted molar refractivity (Wildman–Crippen MR) is 75.5 cm³/mol. The highest BCUT2D eigenvalue weighted by atomic mass is 16.5. The topological polar surface area (TPSA) is 26.3 Å². The van der Waals surface area contributed by atoms with E-state index in [9.17, 15) is 4.79 Å². The van der Waals surface area contributed by atoms with E-state index in [1.54, 1.807) is 0 Å². The second kappa shape index (κ2) is 4.45. The van der Waals surface area contributed by atoms with E-state index in [1.807, 2.05) is 12.1 Å². The van der Waals surface area contributed by atoms with Crippen LogP contribution < -0.4 is 0 Å². The van der Waals surface area contributed by atoms with E-state index in [0.717, 1.165) is 24.8 Å². The number of ether oxygens (including phenoxy) is 1. The Morgan fingerprint density at radius 1 is 1.16 bits per heavy atom. The molecule has 2 bridgehead atoms. The Bertz CT molecular complexity index is 481. The molecule has 0 spiro atoms. The number of rotatable bonds is 2. The molecule has 0 radical (unpaired) electrons. The standard InChI is InChI=1S/C17H22O2/c1-17(2,3)12-6-4-11(5-7-12)16(18)14-10-13-8-9-15(14)19-13/h4-7,13-15H,8-10H2,1-3H3. The number of hydrogen-bond acceptors (Lipinski definition) is 2. The molecular formula is C17H22O2. The first-order valence-electron chi connectivity index (χ1n) is 7.25. The summed E-state index contributed by atoms with van der Waals surface area (Å²) in [4.78, 5) is 12.5. The van der Waals surface area contributed by atoms with Crippen LogP contribution in [0.25, 0.3) is 0 Å². The first-order chi connectivity index (χ1) is 8.95. The average molecular weight is 258 g/mol. The minimum Gasteiger partial charge on any atom is -0.374 e. The van der Waals surface area contributed by atoms with Gasteiger partial charge in [0, 0.05) is 5.56 Å². The first-order valence-corrected chi connectivity index (χ1v) is 7.25. The molecule has 3 atom stereocenters. The highest BCUT2D eigenvalue weighted by Gasteiger charge is 2.44. The molecule has 3 rings (SSSR count). The molecule has 2 aliphatic heterocycles. The van der Waals surface area contributed by atoms with Crippen molar-refractivity contribution >= 4 is 5.78 Å². The number of ketones is 1. The summed E-state index contributed by atoms with van der Waals surface area (Å²) in [6.45, 7) is 6.56. The van der Waals surface area contributed by atoms with Crippen molar-refractivity contribution in [2.24, 2.45) is 5.92 Å². The van der Waals surface area contributed by atoms with Crippen molar-refractivity contribution in [2.75, 3.05) is 0 Å². The Hall–Kier alpha value is -1.15. The van der Waals surface area contributed by atoms with Gasteiger partial charge in [0.2, 0.25) is 0 Å². The van der Waals surface area contributed by atoms with Crippen LogP contribution in [0.2, 0.25) is 0 Å². The van der Waals surface area contributed by atoms with Crippen molar-refractivity contribution in [3.05, 3.63) is 35.4 Å². The highest BCUT2D eigenvalue weighted by Crippen LogP contribution is 2.40. The van der Waals surface area contributed by atoms with Gasteiger partial charge in [0.1, 0.15) is 0 Å². The monoisotopic (exact) mass is 258 g/mol. The van der Waals surface area contributed by atoms with Gasteiger partial charge < -0.3 is 4.74 Å². The maximum atomic E-state index is 12.5. The molecule has 19 heavy (non-hydrogen) atoms. The Balaban J connectivity index is 1.77. The van der Waals surface area contributed by atoms with Crippen LogP contribution >= 0.6 is 0 Å². The Kier molecular flexibility index (Phi) is 3.01. The van der Waals surface area contributed by atoms with Gasteiger partial charge in [-0.05, 0) is 30.2 Å². The third-order valence-corrected chi connectivity index (χ3v) is 4.48. The molecular weight excluding hydrogens is 236 g/mol. The molecule has 2 aliphatic rings. The molecule has 2 heteroatoms. The van der Waals surface area contributed by atoms with Crippen molar-refractivity contribution in [3.63, 3.8) is 0 Å². The lowest BCUT2D eigenvalue weighted by Crippen LogP contribution is -2.25. The number of carbonyl (C=O) groups is 1. The lowest BCUT2D eigenvalue weighted by atomic mass is 9.82. The maximum Gasteiger partial charge on any atom is 0.168 e. The van der Waals surface area contributed by atoms with E-state index in [0.29, 0.717) is 6.10 Å². The van der Waals surface area contributed by atoms with Gasteiger partial charge in [-0.3, -0.25) is 4.79 Å². The second-order valence-electron chi connectivity index (χ2n) is 6.91. The van der Waals surface area contributed by atoms with Gasteiger partial charge >= 0.3 is 0 Å². The van der Waals surface area contributed by atoms with Gasteiger partial charge in [-0.1, -0.05) is 45.0 Å². The van der Waals surface area contributed by atoms with Crippen LogP contribution in [-0.2, 0) is 10.2 Å². The van der Waals surface area contributed by atoms with Crippen molar-refractivity contribution < 1.29 is 9.53 Å². The number of fused-ring (bicyclic) bond motifs is 2. The molecule has 0 N–H and O–H groups in total. The van der Waals surface area contributed by atoms with Gasteiger partial charge in [0.15, 0.2) is 5.78 Å². The second-order valence-corrected chi connectivity index (χ2v) is 6.91. The molecule has 2 fully saturated rings. The zero-order chi connectivity index (χ0) is 13.6. The summed E-state index contributed by atoms with van der Waals surface area (Å²) >= 11 is 0. The summed E-state index contributed by atoms with van der Waals surface area (Å²) in [7, 11) is 0. The van der Waals surface area contributed by atoms with Crippen molar-refractivity contribution in [1.82, 2.24) is 0 Å². The van der Waals surface area contributed by atoms with Gasteiger partial charge in [-0.25, -0.2) is 0 Å². The maximum absolute atomic E-state index is 12.5. The Morgan fingerprint density at radius 3 is 2.32 bits per heavy atom. The number of carbonyl (C=O) groups excluding carboxylic acids is 1. The molecule has 102 valence electrons. The van der Waals surface area contributed by atoms with Crippen molar-refractivity contribution in [3.8, 4) is 0 Å². The fraction of sp³-hybridized carbons (Fsp3) is 0.588.